The molecule has 0 saturated heterocycles. The van der Waals surface area contributed by atoms with E-state index in [4.69, 9.17) is 5.11 Å². The molecule has 3 rings (SSSR count). The quantitative estimate of drug-likeness (QED) is 0.582. The minimum atomic E-state index is -1.02. The predicted molar refractivity (Wildman–Crippen MR) is 92.1 cm³/mol. The number of aromatic carboxylic acids is 1. The van der Waals surface area contributed by atoms with Crippen molar-refractivity contribution >= 4 is 33.3 Å². The van der Waals surface area contributed by atoms with Gasteiger partial charge in [-0.1, -0.05) is 28.1 Å². The second kappa shape index (κ2) is 6.63. The molecule has 0 fully saturated rings. The number of aromatic nitrogens is 2. The highest BCUT2D eigenvalue weighted by atomic mass is 79.9. The molecule has 0 aliphatic rings. The first-order chi connectivity index (χ1) is 11.5. The number of aromatic amines is 2. The maximum Gasteiger partial charge on any atom is 0.335 e. The van der Waals surface area contributed by atoms with Gasteiger partial charge in [0.2, 0.25) is 0 Å². The Morgan fingerprint density at radius 2 is 1.62 bits per heavy atom. The van der Waals surface area contributed by atoms with Crippen LogP contribution in [0.15, 0.2) is 68.0 Å². The van der Waals surface area contributed by atoms with Gasteiger partial charge < -0.3 is 5.11 Å². The van der Waals surface area contributed by atoms with E-state index >= 15 is 0 Å². The van der Waals surface area contributed by atoms with Gasteiger partial charge in [0.15, 0.2) is 5.69 Å². The molecule has 8 heteroatoms. The van der Waals surface area contributed by atoms with Crippen LogP contribution in [0, 0.1) is 0 Å². The standard InChI is InChI=1S/C16H11BrN4O3/c17-11-5-1-9(2-6-11)13-14(15(22)21-19-13)20-18-12-7-3-10(4-8-12)16(23)24/h1-8H,(H,23,24)(H2,19,21,22). The van der Waals surface area contributed by atoms with Crippen LogP contribution in [-0.2, 0) is 0 Å². The number of hydrogen-bond donors (Lipinski definition) is 3. The highest BCUT2D eigenvalue weighted by Crippen LogP contribution is 2.27. The van der Waals surface area contributed by atoms with E-state index < -0.39 is 5.97 Å². The number of carboxylic acids is 1. The van der Waals surface area contributed by atoms with E-state index in [0.29, 0.717) is 11.4 Å². The number of nitrogens with one attached hydrogen (secondary N) is 2. The molecule has 1 heterocycles. The van der Waals surface area contributed by atoms with E-state index in [2.05, 4.69) is 36.4 Å². The largest absolute Gasteiger partial charge is 0.478 e. The summed E-state index contributed by atoms with van der Waals surface area (Å²) in [5, 5.41) is 22.1. The Labute approximate surface area is 144 Å². The van der Waals surface area contributed by atoms with Crippen molar-refractivity contribution in [1.29, 1.82) is 0 Å². The minimum Gasteiger partial charge on any atom is -0.478 e. The molecular weight excluding hydrogens is 376 g/mol. The third-order valence-corrected chi connectivity index (χ3v) is 3.79. The zero-order valence-electron chi connectivity index (χ0n) is 12.2. The van der Waals surface area contributed by atoms with Gasteiger partial charge in [0.25, 0.3) is 5.56 Å². The van der Waals surface area contributed by atoms with Crippen LogP contribution in [0.25, 0.3) is 11.3 Å². The Balaban J connectivity index is 1.92. The van der Waals surface area contributed by atoms with Crippen LogP contribution in [0.5, 0.6) is 0 Å². The number of azo groups is 1. The summed E-state index contributed by atoms with van der Waals surface area (Å²) in [6, 6.07) is 13.3. The molecular formula is C16H11BrN4O3. The molecule has 120 valence electrons. The number of H-pyrrole nitrogens is 2. The Kier molecular flexibility index (Phi) is 4.39. The Morgan fingerprint density at radius 3 is 2.25 bits per heavy atom. The van der Waals surface area contributed by atoms with E-state index in [9.17, 15) is 9.59 Å². The summed E-state index contributed by atoms with van der Waals surface area (Å²) in [6.07, 6.45) is 0. The molecule has 0 unspecified atom stereocenters. The molecule has 2 aromatic carbocycles. The van der Waals surface area contributed by atoms with Gasteiger partial charge in [-0.25, -0.2) is 4.79 Å². The molecule has 0 radical (unpaired) electrons. The number of carbonyl (C=O) groups is 1. The fraction of sp³-hybridized carbons (Fsp3) is 0. The molecule has 1 aromatic heterocycles. The van der Waals surface area contributed by atoms with E-state index in [-0.39, 0.29) is 16.8 Å². The third-order valence-electron chi connectivity index (χ3n) is 3.27. The van der Waals surface area contributed by atoms with Crippen LogP contribution < -0.4 is 5.56 Å². The van der Waals surface area contributed by atoms with Crippen molar-refractivity contribution in [1.82, 2.24) is 10.2 Å². The van der Waals surface area contributed by atoms with E-state index in [1.54, 1.807) is 0 Å². The highest BCUT2D eigenvalue weighted by molar-refractivity contribution is 9.10. The molecule has 3 N–H and O–H groups in total. The van der Waals surface area contributed by atoms with Crippen molar-refractivity contribution < 1.29 is 9.90 Å². The fourth-order valence-electron chi connectivity index (χ4n) is 2.05. The maximum atomic E-state index is 11.9. The van der Waals surface area contributed by atoms with Crippen LogP contribution >= 0.6 is 15.9 Å². The average Bonchev–Trinajstić information content (AvgIpc) is 2.95. The van der Waals surface area contributed by atoms with Gasteiger partial charge >= 0.3 is 5.97 Å². The van der Waals surface area contributed by atoms with Crippen molar-refractivity contribution in [3.8, 4) is 11.3 Å². The molecule has 0 bridgehead atoms. The average molecular weight is 387 g/mol. The second-order valence-electron chi connectivity index (χ2n) is 4.86. The summed E-state index contributed by atoms with van der Waals surface area (Å²) in [7, 11) is 0. The van der Waals surface area contributed by atoms with Crippen molar-refractivity contribution in [2.24, 2.45) is 10.2 Å². The van der Waals surface area contributed by atoms with Crippen LogP contribution in [0.1, 0.15) is 10.4 Å². The zero-order chi connectivity index (χ0) is 17.1. The van der Waals surface area contributed by atoms with Gasteiger partial charge in [-0.15, -0.1) is 5.11 Å². The lowest BCUT2D eigenvalue weighted by atomic mass is 10.1. The number of halogens is 1. The molecule has 3 aromatic rings. The van der Waals surface area contributed by atoms with Crippen LogP contribution in [0.3, 0.4) is 0 Å². The molecule has 0 atom stereocenters. The van der Waals surface area contributed by atoms with Crippen LogP contribution in [0.2, 0.25) is 0 Å². The Morgan fingerprint density at radius 1 is 0.958 bits per heavy atom. The summed E-state index contributed by atoms with van der Waals surface area (Å²) in [6.45, 7) is 0. The number of carboxylic acid groups (broad SMARTS) is 1. The number of benzene rings is 2. The Hall–Kier alpha value is -3.00. The topological polar surface area (TPSA) is 111 Å². The number of rotatable bonds is 4. The van der Waals surface area contributed by atoms with Gasteiger partial charge in [-0.2, -0.15) is 5.11 Å². The zero-order valence-corrected chi connectivity index (χ0v) is 13.7. The van der Waals surface area contributed by atoms with Crippen LogP contribution in [0.4, 0.5) is 11.4 Å². The first kappa shape index (κ1) is 15.9. The summed E-state index contributed by atoms with van der Waals surface area (Å²) in [5.74, 6) is -1.02. The molecule has 0 amide bonds. The van der Waals surface area contributed by atoms with Crippen molar-refractivity contribution in [2.45, 2.75) is 0 Å². The number of hydrogen-bond acceptors (Lipinski definition) is 4. The maximum absolute atomic E-state index is 11.9. The molecule has 0 spiro atoms. The van der Waals surface area contributed by atoms with Gasteiger partial charge in [0.05, 0.1) is 16.9 Å². The first-order valence-corrected chi connectivity index (χ1v) is 7.65. The van der Waals surface area contributed by atoms with E-state index in [1.165, 1.54) is 24.3 Å². The lowest BCUT2D eigenvalue weighted by Gasteiger charge is -1.99. The molecule has 0 aliphatic heterocycles. The van der Waals surface area contributed by atoms with Gasteiger partial charge in [-0.3, -0.25) is 15.0 Å². The lowest BCUT2D eigenvalue weighted by Crippen LogP contribution is -1.96. The molecule has 0 aliphatic carbocycles. The van der Waals surface area contributed by atoms with E-state index in [0.717, 1.165) is 10.0 Å². The van der Waals surface area contributed by atoms with Gasteiger partial charge in [0.1, 0.15) is 0 Å². The summed E-state index contributed by atoms with van der Waals surface area (Å²) >= 11 is 3.36. The lowest BCUT2D eigenvalue weighted by molar-refractivity contribution is 0.0697. The summed E-state index contributed by atoms with van der Waals surface area (Å²) in [4.78, 5) is 22.7. The third kappa shape index (κ3) is 3.33. The second-order valence-corrected chi connectivity index (χ2v) is 5.78. The first-order valence-electron chi connectivity index (χ1n) is 6.86. The molecule has 7 nitrogen and oxygen atoms in total. The van der Waals surface area contributed by atoms with Crippen molar-refractivity contribution in [3.05, 3.63) is 68.9 Å². The molecule has 24 heavy (non-hydrogen) atoms. The summed E-state index contributed by atoms with van der Waals surface area (Å²) < 4.78 is 0.922. The minimum absolute atomic E-state index is 0.152. The number of nitrogens with zero attached hydrogens (tertiary/aromatic N) is 2. The Bertz CT molecular complexity index is 956. The predicted octanol–water partition coefficient (Wildman–Crippen LogP) is 4.25. The highest BCUT2D eigenvalue weighted by Gasteiger charge is 2.11. The smallest absolute Gasteiger partial charge is 0.335 e. The molecule has 0 saturated carbocycles. The summed E-state index contributed by atoms with van der Waals surface area (Å²) in [5.41, 5.74) is 1.68. The van der Waals surface area contributed by atoms with Gasteiger partial charge in [-0.05, 0) is 36.4 Å². The monoisotopic (exact) mass is 386 g/mol. The van der Waals surface area contributed by atoms with Crippen molar-refractivity contribution in [2.75, 3.05) is 0 Å². The van der Waals surface area contributed by atoms with Crippen LogP contribution in [-0.4, -0.2) is 21.3 Å². The fourth-order valence-corrected chi connectivity index (χ4v) is 2.31. The normalized spacial score (nSPS) is 11.0. The van der Waals surface area contributed by atoms with E-state index in [1.807, 2.05) is 24.3 Å². The van der Waals surface area contributed by atoms with Gasteiger partial charge in [0, 0.05) is 10.0 Å². The van der Waals surface area contributed by atoms with Crippen molar-refractivity contribution in [3.63, 3.8) is 0 Å². The SMILES string of the molecule is O=C(O)c1ccc(N=Nc2c(-c3ccc(Br)cc3)[nH][nH]c2=O)cc1.